The molecule has 0 aliphatic rings. The molecule has 4 aromatic heterocycles. The number of rotatable bonds is 4. The molecule has 4 heterocycles. The Bertz CT molecular complexity index is 2090. The SMILES string of the molecule is c1ccc(-c2ccc(-c3ncco3)c(-n3c4ccccc4c4ccc(-c5nc6ccccc6o5)cc43)c2)nc1. The Balaban J connectivity index is 1.44. The number of hydrogen-bond donors (Lipinski definition) is 0. The summed E-state index contributed by atoms with van der Waals surface area (Å²) in [4.78, 5) is 13.8. The topological polar surface area (TPSA) is 69.9 Å². The first-order valence-corrected chi connectivity index (χ1v) is 12.7. The van der Waals surface area contributed by atoms with Crippen LogP contribution in [-0.4, -0.2) is 19.5 Å². The van der Waals surface area contributed by atoms with E-state index in [4.69, 9.17) is 13.8 Å². The van der Waals surface area contributed by atoms with Crippen LogP contribution in [0.2, 0.25) is 0 Å². The first kappa shape index (κ1) is 21.6. The summed E-state index contributed by atoms with van der Waals surface area (Å²) in [5, 5.41) is 2.28. The zero-order chi connectivity index (χ0) is 25.8. The minimum atomic E-state index is 0.554. The molecule has 8 rings (SSSR count). The number of fused-ring (bicyclic) bond motifs is 4. The summed E-state index contributed by atoms with van der Waals surface area (Å²) in [6.45, 7) is 0. The molecular formula is C33H20N4O2. The maximum absolute atomic E-state index is 6.13. The van der Waals surface area contributed by atoms with Crippen LogP contribution in [0.3, 0.4) is 0 Å². The van der Waals surface area contributed by atoms with Gasteiger partial charge in [-0.3, -0.25) is 4.98 Å². The van der Waals surface area contributed by atoms with Crippen molar-refractivity contribution in [3.05, 3.63) is 122 Å². The van der Waals surface area contributed by atoms with E-state index >= 15 is 0 Å². The van der Waals surface area contributed by atoms with Crippen molar-refractivity contribution in [2.75, 3.05) is 0 Å². The van der Waals surface area contributed by atoms with Gasteiger partial charge in [0.2, 0.25) is 11.8 Å². The molecule has 4 aromatic carbocycles. The Morgan fingerprint density at radius 3 is 2.33 bits per heavy atom. The number of pyridine rings is 1. The van der Waals surface area contributed by atoms with Crippen LogP contribution in [-0.2, 0) is 0 Å². The number of oxazole rings is 2. The lowest BCUT2D eigenvalue weighted by molar-refractivity contribution is 0.574. The maximum Gasteiger partial charge on any atom is 0.227 e. The maximum atomic E-state index is 6.13. The molecule has 0 spiro atoms. The average molecular weight is 505 g/mol. The summed E-state index contributed by atoms with van der Waals surface area (Å²) < 4.78 is 14.2. The largest absolute Gasteiger partial charge is 0.444 e. The van der Waals surface area contributed by atoms with Gasteiger partial charge in [-0.25, -0.2) is 9.97 Å². The molecule has 0 bridgehead atoms. The van der Waals surface area contributed by atoms with Crippen molar-refractivity contribution < 1.29 is 8.83 Å². The van der Waals surface area contributed by atoms with Gasteiger partial charge in [0.05, 0.1) is 34.2 Å². The highest BCUT2D eigenvalue weighted by atomic mass is 16.3. The fourth-order valence-corrected chi connectivity index (χ4v) is 5.31. The highest BCUT2D eigenvalue weighted by Gasteiger charge is 2.20. The minimum absolute atomic E-state index is 0.554. The molecule has 0 atom stereocenters. The first-order chi connectivity index (χ1) is 19.3. The summed E-state index contributed by atoms with van der Waals surface area (Å²) in [6, 6.07) is 34.8. The van der Waals surface area contributed by atoms with Crippen LogP contribution in [0.5, 0.6) is 0 Å². The summed E-state index contributed by atoms with van der Waals surface area (Å²) in [6.07, 6.45) is 5.08. The van der Waals surface area contributed by atoms with E-state index in [2.05, 4.69) is 75.2 Å². The fraction of sp³-hybridized carbons (Fsp3) is 0. The van der Waals surface area contributed by atoms with Crippen LogP contribution in [0.1, 0.15) is 0 Å². The van der Waals surface area contributed by atoms with Gasteiger partial charge in [-0.2, -0.15) is 0 Å². The van der Waals surface area contributed by atoms with Gasteiger partial charge in [-0.05, 0) is 54.6 Å². The quantitative estimate of drug-likeness (QED) is 0.241. The Morgan fingerprint density at radius 2 is 1.46 bits per heavy atom. The zero-order valence-electron chi connectivity index (χ0n) is 20.7. The van der Waals surface area contributed by atoms with Crippen LogP contribution < -0.4 is 0 Å². The second kappa shape index (κ2) is 8.53. The monoisotopic (exact) mass is 504 g/mol. The lowest BCUT2D eigenvalue weighted by Crippen LogP contribution is -1.99. The normalized spacial score (nSPS) is 11.6. The van der Waals surface area contributed by atoms with E-state index in [0.717, 1.165) is 61.0 Å². The average Bonchev–Trinajstić information content (AvgIpc) is 3.75. The first-order valence-electron chi connectivity index (χ1n) is 12.7. The second-order valence-corrected chi connectivity index (χ2v) is 9.36. The highest BCUT2D eigenvalue weighted by Crippen LogP contribution is 2.39. The standard InChI is InChI=1S/C33H20N4O2/c1-3-10-28-23(7-1)24-14-13-22(32-36-27-9-2-4-11-31(27)39-32)20-29(24)37(28)30-19-21(26-8-5-6-16-34-26)12-15-25(30)33-35-17-18-38-33/h1-20H. The van der Waals surface area contributed by atoms with Gasteiger partial charge in [-0.1, -0.05) is 48.5 Å². The summed E-state index contributed by atoms with van der Waals surface area (Å²) in [5.41, 5.74) is 8.34. The van der Waals surface area contributed by atoms with Crippen LogP contribution in [0.4, 0.5) is 0 Å². The predicted octanol–water partition coefficient (Wildman–Crippen LogP) is 8.31. The van der Waals surface area contributed by atoms with E-state index in [1.165, 1.54) is 0 Å². The molecule has 0 radical (unpaired) electrons. The number of para-hydroxylation sites is 3. The van der Waals surface area contributed by atoms with Crippen LogP contribution >= 0.6 is 0 Å². The van der Waals surface area contributed by atoms with Crippen LogP contribution in [0.15, 0.2) is 131 Å². The third kappa shape index (κ3) is 3.46. The lowest BCUT2D eigenvalue weighted by Gasteiger charge is -2.14. The Hall–Kier alpha value is -5.49. The van der Waals surface area contributed by atoms with E-state index in [0.29, 0.717) is 11.8 Å². The molecule has 0 saturated heterocycles. The van der Waals surface area contributed by atoms with E-state index in [1.807, 2.05) is 48.7 Å². The van der Waals surface area contributed by atoms with Crippen molar-refractivity contribution in [2.45, 2.75) is 0 Å². The van der Waals surface area contributed by atoms with Crippen molar-refractivity contribution in [2.24, 2.45) is 0 Å². The van der Waals surface area contributed by atoms with E-state index in [9.17, 15) is 0 Å². The van der Waals surface area contributed by atoms with Gasteiger partial charge in [0.1, 0.15) is 11.8 Å². The van der Waals surface area contributed by atoms with Crippen molar-refractivity contribution in [3.8, 4) is 39.9 Å². The fourth-order valence-electron chi connectivity index (χ4n) is 5.31. The van der Waals surface area contributed by atoms with Crippen molar-refractivity contribution in [3.63, 3.8) is 0 Å². The van der Waals surface area contributed by atoms with Gasteiger partial charge in [0, 0.05) is 28.1 Å². The molecule has 39 heavy (non-hydrogen) atoms. The molecule has 0 aliphatic carbocycles. The molecule has 0 N–H and O–H groups in total. The molecule has 0 saturated carbocycles. The lowest BCUT2D eigenvalue weighted by atomic mass is 10.0. The second-order valence-electron chi connectivity index (χ2n) is 9.36. The van der Waals surface area contributed by atoms with Crippen molar-refractivity contribution >= 4 is 32.9 Å². The smallest absolute Gasteiger partial charge is 0.227 e. The van der Waals surface area contributed by atoms with Crippen LogP contribution in [0, 0.1) is 0 Å². The van der Waals surface area contributed by atoms with Gasteiger partial charge in [0.15, 0.2) is 5.58 Å². The zero-order valence-corrected chi connectivity index (χ0v) is 20.7. The Kier molecular flexibility index (Phi) is 4.72. The number of nitrogens with zero attached hydrogens (tertiary/aromatic N) is 4. The predicted molar refractivity (Wildman–Crippen MR) is 153 cm³/mol. The molecule has 6 heteroatoms. The Morgan fingerprint density at radius 1 is 0.615 bits per heavy atom. The molecule has 184 valence electrons. The number of aromatic nitrogens is 4. The van der Waals surface area contributed by atoms with E-state index in [1.54, 1.807) is 12.5 Å². The van der Waals surface area contributed by atoms with Crippen LogP contribution in [0.25, 0.3) is 72.8 Å². The summed E-state index contributed by atoms with van der Waals surface area (Å²) in [7, 11) is 0. The van der Waals surface area contributed by atoms with Gasteiger partial charge in [-0.15, -0.1) is 0 Å². The minimum Gasteiger partial charge on any atom is -0.444 e. The molecule has 6 nitrogen and oxygen atoms in total. The number of hydrogen-bond acceptors (Lipinski definition) is 5. The molecule has 0 unspecified atom stereocenters. The highest BCUT2D eigenvalue weighted by molar-refractivity contribution is 6.10. The van der Waals surface area contributed by atoms with E-state index in [-0.39, 0.29) is 0 Å². The third-order valence-electron chi connectivity index (χ3n) is 7.08. The van der Waals surface area contributed by atoms with Crippen molar-refractivity contribution in [1.82, 2.24) is 19.5 Å². The molecule has 0 fully saturated rings. The van der Waals surface area contributed by atoms with Crippen molar-refractivity contribution in [1.29, 1.82) is 0 Å². The molecule has 8 aromatic rings. The van der Waals surface area contributed by atoms with E-state index < -0.39 is 0 Å². The summed E-state index contributed by atoms with van der Waals surface area (Å²) in [5.74, 6) is 1.14. The summed E-state index contributed by atoms with van der Waals surface area (Å²) >= 11 is 0. The third-order valence-corrected chi connectivity index (χ3v) is 7.08. The molecule has 0 aliphatic heterocycles. The molecule has 0 amide bonds. The van der Waals surface area contributed by atoms with Gasteiger partial charge in [0.25, 0.3) is 0 Å². The number of benzene rings is 4. The Labute approximate surface area is 222 Å². The van der Waals surface area contributed by atoms with Gasteiger partial charge < -0.3 is 13.4 Å². The van der Waals surface area contributed by atoms with Gasteiger partial charge >= 0.3 is 0 Å². The molecular weight excluding hydrogens is 484 g/mol.